The lowest BCUT2D eigenvalue weighted by molar-refractivity contribution is -0.128. The van der Waals surface area contributed by atoms with Crippen LogP contribution >= 0.6 is 0 Å². The van der Waals surface area contributed by atoms with Crippen LogP contribution in [-0.2, 0) is 17.9 Å². The molecule has 1 N–H and O–H groups in total. The van der Waals surface area contributed by atoms with Crippen molar-refractivity contribution in [2.45, 2.75) is 39.8 Å². The maximum absolute atomic E-state index is 12.8. The first-order chi connectivity index (χ1) is 15.6. The molecule has 3 aromatic rings. The summed E-state index contributed by atoms with van der Waals surface area (Å²) in [6, 6.07) is 11.3. The van der Waals surface area contributed by atoms with Crippen LogP contribution < -0.4 is 10.1 Å². The summed E-state index contributed by atoms with van der Waals surface area (Å²) in [5.41, 5.74) is 3.16. The highest BCUT2D eigenvalue weighted by Crippen LogP contribution is 2.18. The average molecular weight is 435 g/mol. The summed E-state index contributed by atoms with van der Waals surface area (Å²) in [6.07, 6.45) is 3.04. The SMILES string of the molecule is CCOc1ccc(-n2ncc(C(=O)NCc3ccccc3CN3CCCC3=O)c2C)nn1. The third kappa shape index (κ3) is 4.61. The predicted molar refractivity (Wildman–Crippen MR) is 117 cm³/mol. The fraction of sp³-hybridized carbons (Fsp3) is 0.348. The van der Waals surface area contributed by atoms with E-state index in [0.717, 1.165) is 24.1 Å². The molecule has 166 valence electrons. The van der Waals surface area contributed by atoms with Crippen LogP contribution in [0.4, 0.5) is 0 Å². The van der Waals surface area contributed by atoms with Crippen LogP contribution in [0.15, 0.2) is 42.6 Å². The summed E-state index contributed by atoms with van der Waals surface area (Å²) in [5.74, 6) is 0.905. The molecule has 3 heterocycles. The Kier molecular flexibility index (Phi) is 6.44. The Labute approximate surface area is 186 Å². The molecule has 32 heavy (non-hydrogen) atoms. The van der Waals surface area contributed by atoms with E-state index in [1.807, 2.05) is 43.0 Å². The van der Waals surface area contributed by atoms with E-state index in [-0.39, 0.29) is 11.8 Å². The van der Waals surface area contributed by atoms with Gasteiger partial charge in [-0.15, -0.1) is 10.2 Å². The Morgan fingerprint density at radius 1 is 1.16 bits per heavy atom. The minimum atomic E-state index is -0.223. The van der Waals surface area contributed by atoms with Crippen LogP contribution in [0.2, 0.25) is 0 Å². The smallest absolute Gasteiger partial charge is 0.255 e. The third-order valence-electron chi connectivity index (χ3n) is 5.48. The Morgan fingerprint density at radius 3 is 2.66 bits per heavy atom. The Morgan fingerprint density at radius 2 is 1.97 bits per heavy atom. The van der Waals surface area contributed by atoms with E-state index in [9.17, 15) is 9.59 Å². The largest absolute Gasteiger partial charge is 0.477 e. The number of nitrogens with zero attached hydrogens (tertiary/aromatic N) is 5. The van der Waals surface area contributed by atoms with E-state index in [4.69, 9.17) is 4.74 Å². The number of hydrogen-bond acceptors (Lipinski definition) is 6. The van der Waals surface area contributed by atoms with E-state index < -0.39 is 0 Å². The zero-order chi connectivity index (χ0) is 22.5. The second kappa shape index (κ2) is 9.59. The number of carbonyl (C=O) groups excluding carboxylic acids is 2. The van der Waals surface area contributed by atoms with Crippen LogP contribution in [0.5, 0.6) is 5.88 Å². The van der Waals surface area contributed by atoms with E-state index in [0.29, 0.717) is 49.1 Å². The van der Waals surface area contributed by atoms with Gasteiger partial charge in [-0.05, 0) is 37.5 Å². The van der Waals surface area contributed by atoms with Crippen LogP contribution in [-0.4, -0.2) is 49.8 Å². The van der Waals surface area contributed by atoms with Gasteiger partial charge >= 0.3 is 0 Å². The van der Waals surface area contributed by atoms with E-state index in [1.54, 1.807) is 16.8 Å². The zero-order valence-electron chi connectivity index (χ0n) is 18.2. The molecule has 0 unspecified atom stereocenters. The van der Waals surface area contributed by atoms with Crippen molar-refractivity contribution >= 4 is 11.8 Å². The number of nitrogens with one attached hydrogen (secondary N) is 1. The Hall–Kier alpha value is -3.75. The average Bonchev–Trinajstić information content (AvgIpc) is 3.39. The number of hydrogen-bond donors (Lipinski definition) is 1. The number of amides is 2. The molecule has 1 fully saturated rings. The van der Waals surface area contributed by atoms with Crippen molar-refractivity contribution in [3.63, 3.8) is 0 Å². The second-order valence-corrected chi connectivity index (χ2v) is 7.59. The maximum atomic E-state index is 12.8. The summed E-state index contributed by atoms with van der Waals surface area (Å²) in [7, 11) is 0. The minimum Gasteiger partial charge on any atom is -0.477 e. The quantitative estimate of drug-likeness (QED) is 0.584. The van der Waals surface area contributed by atoms with Crippen molar-refractivity contribution in [1.29, 1.82) is 0 Å². The van der Waals surface area contributed by atoms with Gasteiger partial charge in [0.15, 0.2) is 5.82 Å². The van der Waals surface area contributed by atoms with Crippen molar-refractivity contribution < 1.29 is 14.3 Å². The lowest BCUT2D eigenvalue weighted by Gasteiger charge is -2.18. The number of likely N-dealkylation sites (tertiary alicyclic amines) is 1. The van der Waals surface area contributed by atoms with Gasteiger partial charge in [0.25, 0.3) is 5.91 Å². The first kappa shape index (κ1) is 21.5. The van der Waals surface area contributed by atoms with Crippen molar-refractivity contribution in [3.05, 3.63) is 65.0 Å². The molecule has 0 bridgehead atoms. The van der Waals surface area contributed by atoms with Gasteiger partial charge in [0.2, 0.25) is 11.8 Å². The van der Waals surface area contributed by atoms with Crippen molar-refractivity contribution in [3.8, 4) is 11.7 Å². The molecule has 0 aliphatic carbocycles. The molecule has 1 aromatic carbocycles. The number of ether oxygens (including phenoxy) is 1. The highest BCUT2D eigenvalue weighted by molar-refractivity contribution is 5.95. The van der Waals surface area contributed by atoms with Gasteiger partial charge in [-0.25, -0.2) is 4.68 Å². The standard InChI is InChI=1S/C23H26N6O3/c1-3-32-21-11-10-20(26-27-21)29-16(2)19(14-25-29)23(31)24-13-17-7-4-5-8-18(17)15-28-12-6-9-22(28)30/h4-5,7-8,10-11,14H,3,6,9,12-13,15H2,1-2H3,(H,24,31). The van der Waals surface area contributed by atoms with E-state index in [2.05, 4.69) is 20.6 Å². The molecule has 9 nitrogen and oxygen atoms in total. The summed E-state index contributed by atoms with van der Waals surface area (Å²) < 4.78 is 6.89. The zero-order valence-corrected chi connectivity index (χ0v) is 18.2. The molecule has 1 aliphatic heterocycles. The predicted octanol–water partition coefficient (Wildman–Crippen LogP) is 2.42. The molecule has 1 aliphatic rings. The monoisotopic (exact) mass is 434 g/mol. The molecule has 2 aromatic heterocycles. The number of carbonyl (C=O) groups is 2. The maximum Gasteiger partial charge on any atom is 0.255 e. The van der Waals surface area contributed by atoms with Crippen molar-refractivity contribution in [2.24, 2.45) is 0 Å². The molecular weight excluding hydrogens is 408 g/mol. The summed E-state index contributed by atoms with van der Waals surface area (Å²) in [6.45, 7) is 5.92. The summed E-state index contributed by atoms with van der Waals surface area (Å²) in [4.78, 5) is 26.7. The van der Waals surface area contributed by atoms with Crippen LogP contribution in [0.1, 0.15) is 46.9 Å². The molecule has 0 saturated carbocycles. The molecular formula is C23H26N6O3. The van der Waals surface area contributed by atoms with Crippen LogP contribution in [0.3, 0.4) is 0 Å². The molecule has 0 spiro atoms. The van der Waals surface area contributed by atoms with Crippen molar-refractivity contribution in [2.75, 3.05) is 13.2 Å². The number of rotatable bonds is 8. The normalized spacial score (nSPS) is 13.4. The minimum absolute atomic E-state index is 0.185. The molecule has 0 atom stereocenters. The third-order valence-corrected chi connectivity index (χ3v) is 5.48. The molecule has 0 radical (unpaired) electrons. The Balaban J connectivity index is 1.44. The summed E-state index contributed by atoms with van der Waals surface area (Å²) in [5, 5.41) is 15.4. The molecule has 9 heteroatoms. The van der Waals surface area contributed by atoms with Gasteiger partial charge in [0, 0.05) is 32.1 Å². The van der Waals surface area contributed by atoms with Crippen LogP contribution in [0, 0.1) is 6.92 Å². The van der Waals surface area contributed by atoms with Gasteiger partial charge in [-0.3, -0.25) is 9.59 Å². The van der Waals surface area contributed by atoms with Gasteiger partial charge in [-0.1, -0.05) is 24.3 Å². The van der Waals surface area contributed by atoms with Gasteiger partial charge < -0.3 is 15.0 Å². The van der Waals surface area contributed by atoms with Gasteiger partial charge in [0.05, 0.1) is 24.1 Å². The number of benzene rings is 1. The highest BCUT2D eigenvalue weighted by Gasteiger charge is 2.21. The van der Waals surface area contributed by atoms with Gasteiger partial charge in [0.1, 0.15) is 0 Å². The first-order valence-corrected chi connectivity index (χ1v) is 10.7. The lowest BCUT2D eigenvalue weighted by Crippen LogP contribution is -2.27. The van der Waals surface area contributed by atoms with E-state index in [1.165, 1.54) is 6.20 Å². The first-order valence-electron chi connectivity index (χ1n) is 10.7. The van der Waals surface area contributed by atoms with Crippen LogP contribution in [0.25, 0.3) is 5.82 Å². The fourth-order valence-electron chi connectivity index (χ4n) is 3.75. The number of aromatic nitrogens is 4. The summed E-state index contributed by atoms with van der Waals surface area (Å²) >= 11 is 0. The molecule has 1 saturated heterocycles. The van der Waals surface area contributed by atoms with E-state index >= 15 is 0 Å². The highest BCUT2D eigenvalue weighted by atomic mass is 16.5. The van der Waals surface area contributed by atoms with Crippen molar-refractivity contribution in [1.82, 2.24) is 30.2 Å². The molecule has 4 rings (SSSR count). The molecule has 2 amide bonds. The topological polar surface area (TPSA) is 102 Å². The lowest BCUT2D eigenvalue weighted by atomic mass is 10.1. The Bertz CT molecular complexity index is 1110. The van der Waals surface area contributed by atoms with Gasteiger partial charge in [-0.2, -0.15) is 5.10 Å². The second-order valence-electron chi connectivity index (χ2n) is 7.59. The fourth-order valence-corrected chi connectivity index (χ4v) is 3.75.